The van der Waals surface area contributed by atoms with Gasteiger partial charge >= 0.3 is 0 Å². The standard InChI is InChI=1S/C24H26N4O4/c1-32-22-9-5-4-8-21(22)27-10-12-28(13-11-27)24(31)20(16-29)26-23(30)18-14-17-6-2-3-7-19(17)25-15-18/h2-9,14-15,20,29H,10-13,16H2,1H3,(H,26,30). The number of piperazine rings is 1. The smallest absolute Gasteiger partial charge is 0.253 e. The minimum atomic E-state index is -1.01. The fourth-order valence-corrected chi connectivity index (χ4v) is 3.90. The van der Waals surface area contributed by atoms with E-state index in [-0.39, 0.29) is 5.91 Å². The van der Waals surface area contributed by atoms with Crippen LogP contribution in [0.25, 0.3) is 10.9 Å². The number of rotatable bonds is 6. The van der Waals surface area contributed by atoms with Gasteiger partial charge in [-0.3, -0.25) is 14.6 Å². The largest absolute Gasteiger partial charge is 0.495 e. The SMILES string of the molecule is COc1ccccc1N1CCN(C(=O)C(CO)NC(=O)c2cnc3ccccc3c2)CC1. The molecule has 0 aliphatic carbocycles. The van der Waals surface area contributed by atoms with Gasteiger partial charge in [0.15, 0.2) is 0 Å². The molecule has 2 amide bonds. The van der Waals surface area contributed by atoms with Gasteiger partial charge in [0.05, 0.1) is 30.5 Å². The molecule has 0 spiro atoms. The molecular weight excluding hydrogens is 408 g/mol. The Morgan fingerprint density at radius 2 is 1.81 bits per heavy atom. The number of aromatic nitrogens is 1. The van der Waals surface area contributed by atoms with Gasteiger partial charge in [-0.25, -0.2) is 0 Å². The van der Waals surface area contributed by atoms with E-state index in [1.54, 1.807) is 18.1 Å². The molecule has 3 aromatic rings. The van der Waals surface area contributed by atoms with Crippen LogP contribution in [0.4, 0.5) is 5.69 Å². The van der Waals surface area contributed by atoms with Gasteiger partial charge < -0.3 is 25.0 Å². The summed E-state index contributed by atoms with van der Waals surface area (Å²) in [6, 6.07) is 16.0. The van der Waals surface area contributed by atoms with Gasteiger partial charge in [0.25, 0.3) is 5.91 Å². The third-order valence-corrected chi connectivity index (χ3v) is 5.66. The molecule has 1 fully saturated rings. The lowest BCUT2D eigenvalue weighted by atomic mass is 10.1. The van der Waals surface area contributed by atoms with Gasteiger partial charge in [0.1, 0.15) is 11.8 Å². The van der Waals surface area contributed by atoms with Gasteiger partial charge in [-0.1, -0.05) is 30.3 Å². The van der Waals surface area contributed by atoms with Gasteiger partial charge in [-0.15, -0.1) is 0 Å². The molecule has 2 N–H and O–H groups in total. The van der Waals surface area contributed by atoms with Crippen LogP contribution in [-0.2, 0) is 4.79 Å². The Balaban J connectivity index is 1.39. The summed E-state index contributed by atoms with van der Waals surface area (Å²) in [7, 11) is 1.64. The monoisotopic (exact) mass is 434 g/mol. The second-order valence-electron chi connectivity index (χ2n) is 7.61. The molecule has 4 rings (SSSR count). The highest BCUT2D eigenvalue weighted by Gasteiger charge is 2.29. The van der Waals surface area contributed by atoms with Crippen molar-refractivity contribution in [1.29, 1.82) is 0 Å². The predicted octanol–water partition coefficient (Wildman–Crippen LogP) is 1.68. The highest BCUT2D eigenvalue weighted by atomic mass is 16.5. The minimum absolute atomic E-state index is 0.297. The number of aliphatic hydroxyl groups excluding tert-OH is 1. The molecule has 1 saturated heterocycles. The molecule has 1 unspecified atom stereocenters. The Morgan fingerprint density at radius 3 is 2.56 bits per heavy atom. The van der Waals surface area contributed by atoms with Crippen molar-refractivity contribution in [3.05, 3.63) is 66.4 Å². The van der Waals surface area contributed by atoms with Crippen molar-refractivity contribution >= 4 is 28.4 Å². The van der Waals surface area contributed by atoms with Crippen LogP contribution in [0.1, 0.15) is 10.4 Å². The molecule has 1 atom stereocenters. The van der Waals surface area contributed by atoms with E-state index in [9.17, 15) is 14.7 Å². The third kappa shape index (κ3) is 4.50. The van der Waals surface area contributed by atoms with E-state index in [2.05, 4.69) is 15.2 Å². The normalized spacial score (nSPS) is 14.8. The molecule has 8 heteroatoms. The number of para-hydroxylation sites is 3. The number of pyridine rings is 1. The van der Waals surface area contributed by atoms with Crippen LogP contribution in [-0.4, -0.2) is 72.7 Å². The number of ether oxygens (including phenoxy) is 1. The molecule has 1 aliphatic heterocycles. The van der Waals surface area contributed by atoms with Crippen LogP contribution in [0.5, 0.6) is 5.75 Å². The van der Waals surface area contributed by atoms with Crippen LogP contribution in [0.15, 0.2) is 60.8 Å². The van der Waals surface area contributed by atoms with E-state index in [1.807, 2.05) is 48.5 Å². The van der Waals surface area contributed by atoms with Crippen LogP contribution >= 0.6 is 0 Å². The van der Waals surface area contributed by atoms with E-state index >= 15 is 0 Å². The Morgan fingerprint density at radius 1 is 1.09 bits per heavy atom. The number of carbonyl (C=O) groups excluding carboxylic acids is 2. The number of carbonyl (C=O) groups is 2. The topological polar surface area (TPSA) is 95.0 Å². The van der Waals surface area contributed by atoms with Crippen molar-refractivity contribution in [2.24, 2.45) is 0 Å². The molecule has 166 valence electrons. The number of fused-ring (bicyclic) bond motifs is 1. The first kappa shape index (κ1) is 21.6. The van der Waals surface area contributed by atoms with Gasteiger partial charge in [-0.05, 0) is 24.3 Å². The van der Waals surface area contributed by atoms with E-state index in [0.29, 0.717) is 31.7 Å². The van der Waals surface area contributed by atoms with Gasteiger partial charge in [-0.2, -0.15) is 0 Å². The molecule has 2 aromatic carbocycles. The lowest BCUT2D eigenvalue weighted by molar-refractivity contribution is -0.134. The van der Waals surface area contributed by atoms with E-state index < -0.39 is 18.6 Å². The predicted molar refractivity (Wildman–Crippen MR) is 122 cm³/mol. The molecule has 0 saturated carbocycles. The Kier molecular flexibility index (Phi) is 6.51. The Hall–Kier alpha value is -3.65. The highest BCUT2D eigenvalue weighted by Crippen LogP contribution is 2.28. The van der Waals surface area contributed by atoms with Crippen molar-refractivity contribution in [3.8, 4) is 5.75 Å². The summed E-state index contributed by atoms with van der Waals surface area (Å²) in [5.41, 5.74) is 2.11. The number of nitrogens with zero attached hydrogens (tertiary/aromatic N) is 3. The molecule has 1 aromatic heterocycles. The zero-order valence-corrected chi connectivity index (χ0v) is 17.9. The maximum Gasteiger partial charge on any atom is 0.253 e. The molecule has 1 aliphatic rings. The van der Waals surface area contributed by atoms with Crippen LogP contribution in [0.2, 0.25) is 0 Å². The summed E-state index contributed by atoms with van der Waals surface area (Å²) in [6.45, 7) is 1.76. The van der Waals surface area contributed by atoms with E-state index in [4.69, 9.17) is 4.74 Å². The van der Waals surface area contributed by atoms with Crippen LogP contribution in [0.3, 0.4) is 0 Å². The molecule has 32 heavy (non-hydrogen) atoms. The lowest BCUT2D eigenvalue weighted by Crippen LogP contribution is -2.56. The second-order valence-corrected chi connectivity index (χ2v) is 7.61. The zero-order valence-electron chi connectivity index (χ0n) is 17.9. The molecule has 0 bridgehead atoms. The lowest BCUT2D eigenvalue weighted by Gasteiger charge is -2.37. The van der Waals surface area contributed by atoms with Crippen molar-refractivity contribution in [2.75, 3.05) is 44.8 Å². The number of benzene rings is 2. The summed E-state index contributed by atoms with van der Waals surface area (Å²) >= 11 is 0. The van der Waals surface area contributed by atoms with Crippen LogP contribution in [0, 0.1) is 0 Å². The summed E-state index contributed by atoms with van der Waals surface area (Å²) in [4.78, 5) is 33.8. The number of anilines is 1. The first-order valence-electron chi connectivity index (χ1n) is 10.5. The average Bonchev–Trinajstić information content (AvgIpc) is 2.86. The molecule has 0 radical (unpaired) electrons. The third-order valence-electron chi connectivity index (χ3n) is 5.66. The van der Waals surface area contributed by atoms with E-state index in [1.165, 1.54) is 6.20 Å². The number of nitrogens with one attached hydrogen (secondary N) is 1. The number of aliphatic hydroxyl groups is 1. The number of hydrogen-bond donors (Lipinski definition) is 2. The van der Waals surface area contributed by atoms with E-state index in [0.717, 1.165) is 22.3 Å². The molecule has 8 nitrogen and oxygen atoms in total. The number of hydrogen-bond acceptors (Lipinski definition) is 6. The quantitative estimate of drug-likeness (QED) is 0.613. The summed E-state index contributed by atoms with van der Waals surface area (Å²) < 4.78 is 5.43. The maximum absolute atomic E-state index is 13.0. The Bertz CT molecular complexity index is 1110. The highest BCUT2D eigenvalue weighted by molar-refractivity contribution is 5.99. The number of amides is 2. The fraction of sp³-hybridized carbons (Fsp3) is 0.292. The zero-order chi connectivity index (χ0) is 22.5. The summed E-state index contributed by atoms with van der Waals surface area (Å²) in [6.07, 6.45) is 1.47. The van der Waals surface area contributed by atoms with Crippen molar-refractivity contribution in [2.45, 2.75) is 6.04 Å². The molecular formula is C24H26N4O4. The first-order valence-corrected chi connectivity index (χ1v) is 10.5. The van der Waals surface area contributed by atoms with Gasteiger partial charge in [0.2, 0.25) is 5.91 Å². The summed E-state index contributed by atoms with van der Waals surface area (Å²) in [5.74, 6) is 0.0503. The van der Waals surface area contributed by atoms with Crippen molar-refractivity contribution in [3.63, 3.8) is 0 Å². The average molecular weight is 434 g/mol. The fourth-order valence-electron chi connectivity index (χ4n) is 3.90. The van der Waals surface area contributed by atoms with Crippen LogP contribution < -0.4 is 15.0 Å². The molecule has 2 heterocycles. The number of methoxy groups -OCH3 is 1. The Labute approximate surface area is 186 Å². The minimum Gasteiger partial charge on any atom is -0.495 e. The maximum atomic E-state index is 13.0. The first-order chi connectivity index (χ1) is 15.6. The van der Waals surface area contributed by atoms with Crippen molar-refractivity contribution in [1.82, 2.24) is 15.2 Å². The second kappa shape index (κ2) is 9.65. The van der Waals surface area contributed by atoms with Gasteiger partial charge in [0, 0.05) is 37.8 Å². The van der Waals surface area contributed by atoms with Crippen molar-refractivity contribution < 1.29 is 19.4 Å². The summed E-state index contributed by atoms with van der Waals surface area (Å²) in [5, 5.41) is 13.3.